The van der Waals surface area contributed by atoms with Crippen molar-refractivity contribution >= 4 is 11.8 Å². The SMILES string of the molecule is CSC1(C(O)c2cn(C)nn2)CCC1. The smallest absolute Gasteiger partial charge is 0.114 e. The lowest BCUT2D eigenvalue weighted by Gasteiger charge is -2.43. The molecule has 0 saturated heterocycles. The molecule has 0 spiro atoms. The molecular formula is C9H15N3OS. The van der Waals surface area contributed by atoms with Gasteiger partial charge in [-0.05, 0) is 19.1 Å². The minimum Gasteiger partial charge on any atom is -0.385 e. The fraction of sp³-hybridized carbons (Fsp3) is 0.778. The summed E-state index contributed by atoms with van der Waals surface area (Å²) < 4.78 is 1.63. The van der Waals surface area contributed by atoms with E-state index in [-0.39, 0.29) is 4.75 Å². The van der Waals surface area contributed by atoms with Gasteiger partial charge in [0.2, 0.25) is 0 Å². The molecule has 1 N–H and O–H groups in total. The molecular weight excluding hydrogens is 198 g/mol. The number of aryl methyl sites for hydroxylation is 1. The molecule has 2 rings (SSSR count). The fourth-order valence-electron chi connectivity index (χ4n) is 1.87. The van der Waals surface area contributed by atoms with Crippen LogP contribution in [0.3, 0.4) is 0 Å². The Morgan fingerprint density at radius 3 is 2.71 bits per heavy atom. The predicted octanol–water partition coefficient (Wildman–Crippen LogP) is 1.13. The molecule has 0 aliphatic heterocycles. The lowest BCUT2D eigenvalue weighted by molar-refractivity contribution is 0.0839. The summed E-state index contributed by atoms with van der Waals surface area (Å²) in [4.78, 5) is 0. The van der Waals surface area contributed by atoms with Crippen LogP contribution in [0, 0.1) is 0 Å². The molecule has 1 unspecified atom stereocenters. The summed E-state index contributed by atoms with van der Waals surface area (Å²) in [7, 11) is 1.82. The summed E-state index contributed by atoms with van der Waals surface area (Å²) in [5.74, 6) is 0. The Morgan fingerprint density at radius 2 is 2.36 bits per heavy atom. The fourth-order valence-corrected chi connectivity index (χ4v) is 2.92. The third-order valence-electron chi connectivity index (χ3n) is 3.01. The number of hydrogen-bond donors (Lipinski definition) is 1. The van der Waals surface area contributed by atoms with Crippen molar-refractivity contribution in [2.24, 2.45) is 7.05 Å². The van der Waals surface area contributed by atoms with Crippen LogP contribution in [-0.2, 0) is 7.05 Å². The molecule has 0 radical (unpaired) electrons. The van der Waals surface area contributed by atoms with Crippen molar-refractivity contribution in [2.45, 2.75) is 30.1 Å². The van der Waals surface area contributed by atoms with Crippen molar-refractivity contribution in [3.05, 3.63) is 11.9 Å². The Kier molecular flexibility index (Phi) is 2.53. The zero-order chi connectivity index (χ0) is 10.2. The summed E-state index contributed by atoms with van der Waals surface area (Å²) in [6, 6.07) is 0. The minimum atomic E-state index is -0.472. The van der Waals surface area contributed by atoms with E-state index >= 15 is 0 Å². The van der Waals surface area contributed by atoms with Crippen LogP contribution >= 0.6 is 11.8 Å². The molecule has 5 heteroatoms. The highest BCUT2D eigenvalue weighted by Crippen LogP contribution is 2.50. The van der Waals surface area contributed by atoms with Crippen molar-refractivity contribution in [1.29, 1.82) is 0 Å². The minimum absolute atomic E-state index is 0.00394. The summed E-state index contributed by atoms with van der Waals surface area (Å²) in [5.41, 5.74) is 0.696. The standard InChI is InChI=1S/C9H15N3OS/c1-12-6-7(10-11-12)8(13)9(14-2)4-3-5-9/h6,8,13H,3-5H2,1-2H3. The van der Waals surface area contributed by atoms with Crippen molar-refractivity contribution in [3.8, 4) is 0 Å². The molecule has 1 fully saturated rings. The van der Waals surface area contributed by atoms with E-state index in [2.05, 4.69) is 16.6 Å². The molecule has 1 atom stereocenters. The van der Waals surface area contributed by atoms with E-state index in [1.807, 2.05) is 7.05 Å². The van der Waals surface area contributed by atoms with E-state index in [1.165, 1.54) is 6.42 Å². The highest BCUT2D eigenvalue weighted by Gasteiger charge is 2.44. The van der Waals surface area contributed by atoms with Gasteiger partial charge in [-0.3, -0.25) is 4.68 Å². The Morgan fingerprint density at radius 1 is 1.64 bits per heavy atom. The van der Waals surface area contributed by atoms with Gasteiger partial charge < -0.3 is 5.11 Å². The Hall–Kier alpha value is -0.550. The van der Waals surface area contributed by atoms with E-state index in [9.17, 15) is 5.11 Å². The molecule has 0 amide bonds. The van der Waals surface area contributed by atoms with Gasteiger partial charge in [0.1, 0.15) is 11.8 Å². The molecule has 1 aromatic rings. The maximum absolute atomic E-state index is 10.2. The highest BCUT2D eigenvalue weighted by atomic mass is 32.2. The van der Waals surface area contributed by atoms with Crippen LogP contribution in [0.5, 0.6) is 0 Å². The van der Waals surface area contributed by atoms with Crippen molar-refractivity contribution in [3.63, 3.8) is 0 Å². The van der Waals surface area contributed by atoms with E-state index in [0.29, 0.717) is 5.69 Å². The molecule has 1 aliphatic rings. The first-order valence-corrected chi connectivity index (χ1v) is 6.00. The zero-order valence-corrected chi connectivity index (χ0v) is 9.29. The summed E-state index contributed by atoms with van der Waals surface area (Å²) in [5, 5.41) is 18.0. The van der Waals surface area contributed by atoms with Crippen LogP contribution in [0.1, 0.15) is 31.1 Å². The van der Waals surface area contributed by atoms with E-state index < -0.39 is 6.10 Å². The molecule has 0 aromatic carbocycles. The molecule has 1 aromatic heterocycles. The van der Waals surface area contributed by atoms with Gasteiger partial charge in [-0.15, -0.1) is 5.10 Å². The summed E-state index contributed by atoms with van der Waals surface area (Å²) in [6.45, 7) is 0. The molecule has 1 saturated carbocycles. The van der Waals surface area contributed by atoms with Crippen molar-refractivity contribution in [2.75, 3.05) is 6.26 Å². The van der Waals surface area contributed by atoms with Gasteiger partial charge in [0.25, 0.3) is 0 Å². The normalized spacial score (nSPS) is 21.6. The number of aliphatic hydroxyl groups excluding tert-OH is 1. The Labute approximate surface area is 87.7 Å². The largest absolute Gasteiger partial charge is 0.385 e. The third-order valence-corrected chi connectivity index (χ3v) is 4.45. The second kappa shape index (κ2) is 3.55. The number of aromatic nitrogens is 3. The molecule has 1 heterocycles. The van der Waals surface area contributed by atoms with Gasteiger partial charge in [-0.2, -0.15) is 11.8 Å². The molecule has 4 nitrogen and oxygen atoms in total. The lowest BCUT2D eigenvalue weighted by atomic mass is 9.79. The van der Waals surface area contributed by atoms with Crippen LogP contribution in [-0.4, -0.2) is 31.1 Å². The van der Waals surface area contributed by atoms with Crippen LogP contribution < -0.4 is 0 Å². The monoisotopic (exact) mass is 213 g/mol. The van der Waals surface area contributed by atoms with E-state index in [4.69, 9.17) is 0 Å². The van der Waals surface area contributed by atoms with E-state index in [0.717, 1.165) is 12.8 Å². The van der Waals surface area contributed by atoms with Crippen LogP contribution in [0.2, 0.25) is 0 Å². The lowest BCUT2D eigenvalue weighted by Crippen LogP contribution is -2.39. The van der Waals surface area contributed by atoms with Gasteiger partial charge in [0.15, 0.2) is 0 Å². The Balaban J connectivity index is 2.18. The second-order valence-corrected chi connectivity index (χ2v) is 5.06. The topological polar surface area (TPSA) is 50.9 Å². The molecule has 14 heavy (non-hydrogen) atoms. The number of rotatable bonds is 3. The molecule has 1 aliphatic carbocycles. The number of hydrogen-bond acceptors (Lipinski definition) is 4. The van der Waals surface area contributed by atoms with E-state index in [1.54, 1.807) is 22.6 Å². The van der Waals surface area contributed by atoms with Gasteiger partial charge >= 0.3 is 0 Å². The van der Waals surface area contributed by atoms with Crippen LogP contribution in [0.4, 0.5) is 0 Å². The predicted molar refractivity (Wildman–Crippen MR) is 56.1 cm³/mol. The van der Waals surface area contributed by atoms with Gasteiger partial charge in [-0.1, -0.05) is 11.6 Å². The molecule has 78 valence electrons. The third kappa shape index (κ3) is 1.44. The Bertz CT molecular complexity index is 316. The number of nitrogens with zero attached hydrogens (tertiary/aromatic N) is 3. The average molecular weight is 213 g/mol. The second-order valence-electron chi connectivity index (χ2n) is 3.84. The maximum Gasteiger partial charge on any atom is 0.114 e. The van der Waals surface area contributed by atoms with Gasteiger partial charge in [0, 0.05) is 11.8 Å². The van der Waals surface area contributed by atoms with Crippen molar-refractivity contribution < 1.29 is 5.11 Å². The first kappa shape index (κ1) is 9.98. The number of thioether (sulfide) groups is 1. The van der Waals surface area contributed by atoms with Crippen LogP contribution in [0.15, 0.2) is 6.20 Å². The first-order chi connectivity index (χ1) is 6.68. The maximum atomic E-state index is 10.2. The summed E-state index contributed by atoms with van der Waals surface area (Å²) in [6.07, 6.45) is 6.73. The number of aliphatic hydroxyl groups is 1. The first-order valence-electron chi connectivity index (χ1n) is 4.77. The quantitative estimate of drug-likeness (QED) is 0.818. The average Bonchev–Trinajstić information content (AvgIpc) is 2.50. The zero-order valence-electron chi connectivity index (χ0n) is 8.47. The summed E-state index contributed by atoms with van der Waals surface area (Å²) >= 11 is 1.74. The van der Waals surface area contributed by atoms with Gasteiger partial charge in [-0.25, -0.2) is 0 Å². The highest BCUT2D eigenvalue weighted by molar-refractivity contribution is 8.00. The molecule has 0 bridgehead atoms. The van der Waals surface area contributed by atoms with Crippen LogP contribution in [0.25, 0.3) is 0 Å². The van der Waals surface area contributed by atoms with Crippen molar-refractivity contribution in [1.82, 2.24) is 15.0 Å². The van der Waals surface area contributed by atoms with Gasteiger partial charge in [0.05, 0.1) is 6.20 Å².